The van der Waals surface area contributed by atoms with Crippen molar-refractivity contribution in [1.29, 1.82) is 0 Å². The Morgan fingerprint density at radius 3 is 1.88 bits per heavy atom. The number of aliphatic hydroxyl groups is 2. The van der Waals surface area contributed by atoms with Crippen LogP contribution in [0.3, 0.4) is 0 Å². The van der Waals surface area contributed by atoms with Gasteiger partial charge in [0.2, 0.25) is 0 Å². The van der Waals surface area contributed by atoms with Gasteiger partial charge in [0, 0.05) is 64.0 Å². The van der Waals surface area contributed by atoms with E-state index in [4.69, 9.17) is 9.72 Å². The lowest BCUT2D eigenvalue weighted by molar-refractivity contribution is 0.0888. The number of nitrogens with zero attached hydrogens (tertiary/aromatic N) is 9. The van der Waals surface area contributed by atoms with E-state index in [1.165, 1.54) is 24.3 Å². The first-order valence-electron chi connectivity index (χ1n) is 22.1. The molecule has 66 heavy (non-hydrogen) atoms. The highest BCUT2D eigenvalue weighted by molar-refractivity contribution is 6.76. The SMILES string of the molecule is Cn1nc(-c2cnc3[nH]cc(C(=O)N[C@H]4CC[C@@H](O)C4)c3n2)c2ccc(F)cc21.Cn1nc(-c2cnc3c(n2)c(C(=O)N[C@H]2CC[C@@H](O)C2)cn3COCC[Si](C)(C)C)c2ccc(F)cc21. The normalized spacial score (nSPS) is 18.7. The van der Waals surface area contributed by atoms with E-state index in [1.807, 2.05) is 0 Å². The van der Waals surface area contributed by atoms with Gasteiger partial charge in [-0.2, -0.15) is 10.2 Å². The topological polar surface area (TPSA) is 216 Å². The highest BCUT2D eigenvalue weighted by Gasteiger charge is 2.28. The van der Waals surface area contributed by atoms with Crippen molar-refractivity contribution in [2.45, 2.75) is 95.2 Å². The number of hydrogen-bond donors (Lipinski definition) is 5. The molecule has 20 heteroatoms. The van der Waals surface area contributed by atoms with Gasteiger partial charge in [0.1, 0.15) is 52.2 Å². The number of aryl methyl sites for hydroxylation is 2. The molecule has 5 N–H and O–H groups in total. The van der Waals surface area contributed by atoms with Crippen LogP contribution in [-0.4, -0.2) is 110 Å². The third-order valence-corrected chi connectivity index (χ3v) is 14.0. The number of hydrogen-bond acceptors (Lipinski definition) is 11. The number of ether oxygens (including phenoxy) is 1. The van der Waals surface area contributed by atoms with Gasteiger partial charge in [-0.25, -0.2) is 28.7 Å². The number of benzene rings is 2. The highest BCUT2D eigenvalue weighted by Crippen LogP contribution is 2.31. The third kappa shape index (κ3) is 9.30. The molecule has 2 aliphatic rings. The first-order chi connectivity index (χ1) is 31.6. The number of carbonyl (C=O) groups is 2. The van der Waals surface area contributed by atoms with Crippen LogP contribution in [0.5, 0.6) is 0 Å². The molecule has 0 spiro atoms. The Labute approximate surface area is 378 Å². The second-order valence-corrected chi connectivity index (χ2v) is 24.1. The molecule has 0 radical (unpaired) electrons. The second kappa shape index (κ2) is 18.1. The van der Waals surface area contributed by atoms with Gasteiger partial charge in [-0.15, -0.1) is 0 Å². The largest absolute Gasteiger partial charge is 0.393 e. The lowest BCUT2D eigenvalue weighted by Crippen LogP contribution is -2.33. The standard InChI is InChI=1S/C26H33FN6O3Si.C20H19FN6O2/c1-32-22-11-16(27)5-8-19(22)23(31-32)21-13-28-25-24(30-21)20(26(35)29-17-6-7-18(34)12-17)14-33(25)15-36-9-10-37(2,3)4;1-27-16-6-10(21)2-5-13(16)17(26-27)15-9-23-19-18(25-15)14(8-22-19)20(29)24-11-3-4-12(28)7-11/h5,8,11,13-14,17-18,34H,6-7,9-10,12,15H2,1-4H3,(H,29,35);2,5-6,8-9,11-12,28H,3-4,7H2,1H3,(H,22,23)(H,24,29)/t17-,18+;11-,12+/m00/s1. The molecule has 0 saturated heterocycles. The summed E-state index contributed by atoms with van der Waals surface area (Å²) in [4.78, 5) is 47.5. The first kappa shape index (κ1) is 44.7. The Hall–Kier alpha value is -6.48. The predicted octanol–water partition coefficient (Wildman–Crippen LogP) is 6.37. The smallest absolute Gasteiger partial charge is 0.255 e. The molecular formula is C46H52F2N12O5Si. The Balaban J connectivity index is 0.000000171. The van der Waals surface area contributed by atoms with Gasteiger partial charge in [0.25, 0.3) is 11.8 Å². The van der Waals surface area contributed by atoms with Crippen LogP contribution in [0.15, 0.2) is 61.2 Å². The zero-order valence-electron chi connectivity index (χ0n) is 37.3. The molecule has 8 aromatic rings. The Bertz CT molecular complexity index is 3120. The van der Waals surface area contributed by atoms with Crippen molar-refractivity contribution >= 4 is 64.0 Å². The van der Waals surface area contributed by atoms with E-state index < -0.39 is 8.07 Å². The third-order valence-electron chi connectivity index (χ3n) is 12.3. The molecule has 344 valence electrons. The summed E-state index contributed by atoms with van der Waals surface area (Å²) in [6.07, 6.45) is 9.72. The molecule has 2 aromatic carbocycles. The summed E-state index contributed by atoms with van der Waals surface area (Å²) in [6.45, 7) is 7.79. The van der Waals surface area contributed by atoms with Gasteiger partial charge < -0.3 is 35.1 Å². The number of aromatic nitrogens is 10. The molecule has 2 aliphatic carbocycles. The number of rotatable bonds is 11. The number of halogens is 2. The van der Waals surface area contributed by atoms with Crippen molar-refractivity contribution in [3.05, 3.63) is 83.9 Å². The molecule has 6 aromatic heterocycles. The Morgan fingerprint density at radius 2 is 1.33 bits per heavy atom. The average Bonchev–Trinajstić information content (AvgIpc) is 4.15. The molecule has 2 saturated carbocycles. The van der Waals surface area contributed by atoms with E-state index >= 15 is 0 Å². The molecule has 2 fully saturated rings. The fourth-order valence-electron chi connectivity index (χ4n) is 8.69. The molecule has 4 atom stereocenters. The summed E-state index contributed by atoms with van der Waals surface area (Å²) < 4.78 is 38.4. The molecule has 17 nitrogen and oxygen atoms in total. The van der Waals surface area contributed by atoms with Crippen LogP contribution in [0, 0.1) is 11.6 Å². The van der Waals surface area contributed by atoms with Crippen LogP contribution in [0.2, 0.25) is 25.7 Å². The quantitative estimate of drug-likeness (QED) is 0.0710. The van der Waals surface area contributed by atoms with Crippen molar-refractivity contribution in [2.75, 3.05) is 6.61 Å². The molecule has 0 unspecified atom stereocenters. The highest BCUT2D eigenvalue weighted by atomic mass is 28.3. The Morgan fingerprint density at radius 1 is 0.788 bits per heavy atom. The maximum atomic E-state index is 13.8. The molecule has 0 bridgehead atoms. The molecular weight excluding hydrogens is 867 g/mol. The van der Waals surface area contributed by atoms with Crippen molar-refractivity contribution in [2.24, 2.45) is 14.1 Å². The van der Waals surface area contributed by atoms with Crippen LogP contribution in [0.25, 0.3) is 66.9 Å². The lowest BCUT2D eigenvalue weighted by Gasteiger charge is -2.15. The molecule has 6 heterocycles. The summed E-state index contributed by atoms with van der Waals surface area (Å²) in [5, 5.41) is 36.1. The minimum absolute atomic E-state index is 0.0479. The van der Waals surface area contributed by atoms with Crippen molar-refractivity contribution < 1.29 is 33.3 Å². The fourth-order valence-corrected chi connectivity index (χ4v) is 9.45. The van der Waals surface area contributed by atoms with Crippen LogP contribution in [0.1, 0.15) is 59.2 Å². The van der Waals surface area contributed by atoms with E-state index in [-0.39, 0.29) is 54.5 Å². The molecule has 2 amide bonds. The summed E-state index contributed by atoms with van der Waals surface area (Å²) in [6, 6.07) is 9.86. The summed E-state index contributed by atoms with van der Waals surface area (Å²) in [5.74, 6) is -1.19. The van der Waals surface area contributed by atoms with Crippen LogP contribution in [0.4, 0.5) is 8.78 Å². The number of nitrogens with one attached hydrogen (secondary N) is 3. The van der Waals surface area contributed by atoms with Crippen molar-refractivity contribution in [1.82, 2.24) is 59.7 Å². The van der Waals surface area contributed by atoms with Crippen LogP contribution < -0.4 is 10.6 Å². The number of amides is 2. The number of fused-ring (bicyclic) bond motifs is 4. The maximum Gasteiger partial charge on any atom is 0.255 e. The van der Waals surface area contributed by atoms with E-state index in [0.29, 0.717) is 99.6 Å². The maximum absolute atomic E-state index is 13.8. The minimum Gasteiger partial charge on any atom is -0.393 e. The number of aromatic amines is 1. The van der Waals surface area contributed by atoms with Crippen LogP contribution >= 0.6 is 0 Å². The van der Waals surface area contributed by atoms with Gasteiger partial charge in [0.15, 0.2) is 11.3 Å². The van der Waals surface area contributed by atoms with E-state index in [9.17, 15) is 28.6 Å². The van der Waals surface area contributed by atoms with Gasteiger partial charge in [-0.3, -0.25) is 19.0 Å². The summed E-state index contributed by atoms with van der Waals surface area (Å²) in [5.41, 5.74) is 6.13. The number of aliphatic hydroxyl groups excluding tert-OH is 2. The summed E-state index contributed by atoms with van der Waals surface area (Å²) in [7, 11) is 2.25. The fraction of sp³-hybridized carbons (Fsp3) is 0.391. The van der Waals surface area contributed by atoms with Crippen LogP contribution in [-0.2, 0) is 25.6 Å². The van der Waals surface area contributed by atoms with E-state index in [1.54, 1.807) is 64.9 Å². The van der Waals surface area contributed by atoms with Gasteiger partial charge >= 0.3 is 0 Å². The van der Waals surface area contributed by atoms with Crippen molar-refractivity contribution in [3.63, 3.8) is 0 Å². The number of H-pyrrole nitrogens is 1. The second-order valence-electron chi connectivity index (χ2n) is 18.5. The zero-order chi connectivity index (χ0) is 46.4. The molecule has 0 aliphatic heterocycles. The minimum atomic E-state index is -1.24. The first-order valence-corrected chi connectivity index (χ1v) is 25.8. The van der Waals surface area contributed by atoms with Crippen molar-refractivity contribution in [3.8, 4) is 22.8 Å². The van der Waals surface area contributed by atoms with E-state index in [0.717, 1.165) is 29.7 Å². The van der Waals surface area contributed by atoms with Gasteiger partial charge in [-0.1, -0.05) is 19.6 Å². The monoisotopic (exact) mass is 918 g/mol. The van der Waals surface area contributed by atoms with Gasteiger partial charge in [-0.05, 0) is 81.0 Å². The van der Waals surface area contributed by atoms with E-state index in [2.05, 4.69) is 60.4 Å². The summed E-state index contributed by atoms with van der Waals surface area (Å²) >= 11 is 0. The van der Waals surface area contributed by atoms with Gasteiger partial charge in [0.05, 0.1) is 46.8 Å². The predicted molar refractivity (Wildman–Crippen MR) is 247 cm³/mol. The number of carbonyl (C=O) groups excluding carboxylic acids is 2. The molecule has 10 rings (SSSR count). The average molecular weight is 919 g/mol. The Kier molecular flexibility index (Phi) is 12.2. The lowest BCUT2D eigenvalue weighted by atomic mass is 10.1. The zero-order valence-corrected chi connectivity index (χ0v) is 38.3.